The number of ketones is 2. The van der Waals surface area contributed by atoms with Crippen molar-refractivity contribution in [3.63, 3.8) is 0 Å². The highest BCUT2D eigenvalue weighted by Gasteiger charge is 2.67. The summed E-state index contributed by atoms with van der Waals surface area (Å²) in [6.07, 6.45) is 0.712. The number of nitrogens with one attached hydrogen (secondary N) is 1. The number of aliphatic hydroxyl groups is 1. The van der Waals surface area contributed by atoms with Crippen LogP contribution in [0.5, 0.6) is 11.6 Å². The average Bonchev–Trinajstić information content (AvgIpc) is 3.89. The molecule has 4 aliphatic rings. The number of aliphatic hydroxyl groups excluding tert-OH is 1. The highest BCUT2D eigenvalue weighted by molar-refractivity contribution is 6.74. The van der Waals surface area contributed by atoms with Gasteiger partial charge in [-0.3, -0.25) is 9.59 Å². The SMILES string of the molecule is CN[C@@H]1c2onc(OCc3ccccc3)c2C(=O)[C@@]2(O[Si](C)(C)C(C)(C)C)C(O)=C3C(=O)c4c(OCc5ccccc5)cc(C5CCCN5C(=O)OC(C)(C)C)c(F)c4C[C@H]3C[C@@H]12. The minimum Gasteiger partial charge on any atom is -0.508 e. The van der Waals surface area contributed by atoms with Crippen molar-refractivity contribution in [2.75, 3.05) is 13.6 Å². The number of amides is 1. The van der Waals surface area contributed by atoms with E-state index in [0.717, 1.165) is 11.1 Å². The molecule has 12 nitrogen and oxygen atoms in total. The molecule has 3 aliphatic carbocycles. The zero-order valence-corrected chi connectivity index (χ0v) is 38.6. The van der Waals surface area contributed by atoms with Crippen LogP contribution in [0.15, 0.2) is 82.6 Å². The molecule has 5 atom stereocenters. The molecule has 1 amide bonds. The van der Waals surface area contributed by atoms with Gasteiger partial charge in [-0.25, -0.2) is 9.18 Å². The van der Waals surface area contributed by atoms with Crippen molar-refractivity contribution in [1.29, 1.82) is 0 Å². The molecule has 4 aromatic rings. The van der Waals surface area contributed by atoms with Gasteiger partial charge in [0.1, 0.15) is 41.7 Å². The smallest absolute Gasteiger partial charge is 0.410 e. The van der Waals surface area contributed by atoms with Crippen molar-refractivity contribution in [2.45, 2.75) is 122 Å². The van der Waals surface area contributed by atoms with Crippen LogP contribution in [0.1, 0.15) is 122 Å². The maximum Gasteiger partial charge on any atom is 0.410 e. The van der Waals surface area contributed by atoms with E-state index in [1.54, 1.807) is 32.7 Å². The van der Waals surface area contributed by atoms with Crippen LogP contribution in [0.3, 0.4) is 0 Å². The van der Waals surface area contributed by atoms with E-state index >= 15 is 14.0 Å². The molecule has 0 radical (unpaired) electrons. The highest BCUT2D eigenvalue weighted by Crippen LogP contribution is 2.59. The summed E-state index contributed by atoms with van der Waals surface area (Å²) < 4.78 is 49.1. The molecule has 2 N–H and O–H groups in total. The fourth-order valence-electron chi connectivity index (χ4n) is 9.50. The number of carbonyl (C=O) groups is 3. The second-order valence-corrected chi connectivity index (χ2v) is 24.5. The molecular formula is C49H58FN3O9Si. The Hall–Kier alpha value is -5.31. The van der Waals surface area contributed by atoms with Crippen molar-refractivity contribution in [3.8, 4) is 11.6 Å². The maximum atomic E-state index is 17.5. The van der Waals surface area contributed by atoms with Crippen LogP contribution in [-0.4, -0.2) is 65.9 Å². The number of hydrogen-bond acceptors (Lipinski definition) is 11. The van der Waals surface area contributed by atoms with E-state index < -0.39 is 77.7 Å². The summed E-state index contributed by atoms with van der Waals surface area (Å²) in [7, 11) is -1.24. The van der Waals surface area contributed by atoms with Gasteiger partial charge in [-0.1, -0.05) is 81.4 Å². The molecule has 2 heterocycles. The van der Waals surface area contributed by atoms with Crippen molar-refractivity contribution in [1.82, 2.24) is 15.4 Å². The first-order valence-electron chi connectivity index (χ1n) is 21.9. The molecule has 8 rings (SSSR count). The number of fused-ring (bicyclic) bond motifs is 4. The summed E-state index contributed by atoms with van der Waals surface area (Å²) in [5.41, 5.74) is -0.806. The molecule has 1 fully saturated rings. The largest absolute Gasteiger partial charge is 0.508 e. The predicted octanol–water partition coefficient (Wildman–Crippen LogP) is 10.1. The second-order valence-electron chi connectivity index (χ2n) is 19.8. The Kier molecular flexibility index (Phi) is 11.5. The standard InChI is InChI=1S/C49H58FN3O9Si/c1-47(2,3)60-46(57)53-22-16-21-34(53)31-25-35(58-26-28-17-12-10-13-18-28)37-32(39(31)50)23-30-24-33-40(51-7)42-38(45(52-61-42)59-27-29-19-14-11-15-20-29)44(56)49(33,43(55)36(30)41(37)54)62-63(8,9)48(4,5)6/h10-15,17-20,25,30,33-34,40,51,55H,16,21-24,26-27H2,1-9H3/t30-,33-,34?,40-,49-/m0/s1. The lowest BCUT2D eigenvalue weighted by molar-refractivity contribution is -0.0314. The lowest BCUT2D eigenvalue weighted by Gasteiger charge is -2.54. The molecule has 1 saturated heterocycles. The van der Waals surface area contributed by atoms with Crippen LogP contribution in [0.2, 0.25) is 18.1 Å². The van der Waals surface area contributed by atoms with Gasteiger partial charge in [-0.2, -0.15) is 0 Å². The number of hydrogen-bond donors (Lipinski definition) is 2. The normalized spacial score (nSPS) is 23.5. The number of allylic oxidation sites excluding steroid dienone is 1. The Morgan fingerprint density at radius 1 is 0.984 bits per heavy atom. The molecule has 1 aliphatic heterocycles. The number of Topliss-reactive ketones (excluding diaryl/α,β-unsaturated/α-hetero) is 2. The Morgan fingerprint density at radius 3 is 2.22 bits per heavy atom. The Bertz CT molecular complexity index is 2460. The summed E-state index contributed by atoms with van der Waals surface area (Å²) in [4.78, 5) is 46.0. The molecule has 334 valence electrons. The lowest BCUT2D eigenvalue weighted by Crippen LogP contribution is -2.65. The number of ether oxygens (including phenoxy) is 3. The third kappa shape index (κ3) is 7.77. The fourth-order valence-corrected chi connectivity index (χ4v) is 10.9. The van der Waals surface area contributed by atoms with Crippen molar-refractivity contribution < 1.29 is 47.0 Å². The van der Waals surface area contributed by atoms with E-state index in [1.807, 2.05) is 94.5 Å². The topological polar surface area (TPSA) is 150 Å². The van der Waals surface area contributed by atoms with Crippen LogP contribution < -0.4 is 14.8 Å². The molecule has 1 aromatic heterocycles. The van der Waals surface area contributed by atoms with Gasteiger partial charge in [0.25, 0.3) is 5.88 Å². The first kappa shape index (κ1) is 44.3. The molecule has 0 bridgehead atoms. The van der Waals surface area contributed by atoms with Gasteiger partial charge in [-0.15, -0.1) is 0 Å². The van der Waals surface area contributed by atoms with Gasteiger partial charge < -0.3 is 38.5 Å². The molecule has 1 unspecified atom stereocenters. The van der Waals surface area contributed by atoms with Crippen molar-refractivity contribution in [2.24, 2.45) is 11.8 Å². The first-order chi connectivity index (χ1) is 29.8. The summed E-state index contributed by atoms with van der Waals surface area (Å²) in [5, 5.41) is 20.2. The van der Waals surface area contributed by atoms with Crippen LogP contribution in [0.25, 0.3) is 0 Å². The fraction of sp³-hybridized carbons (Fsp3) is 0.469. The summed E-state index contributed by atoms with van der Waals surface area (Å²) >= 11 is 0. The van der Waals surface area contributed by atoms with E-state index in [2.05, 4.69) is 10.5 Å². The van der Waals surface area contributed by atoms with Gasteiger partial charge in [0.15, 0.2) is 25.5 Å². The summed E-state index contributed by atoms with van der Waals surface area (Å²) in [6.45, 7) is 16.0. The zero-order chi connectivity index (χ0) is 45.2. The zero-order valence-electron chi connectivity index (χ0n) is 37.6. The van der Waals surface area contributed by atoms with E-state index in [4.69, 9.17) is 23.2 Å². The highest BCUT2D eigenvalue weighted by atomic mass is 28.4. The Labute approximate surface area is 369 Å². The second kappa shape index (κ2) is 16.4. The van der Waals surface area contributed by atoms with Crippen LogP contribution >= 0.6 is 0 Å². The van der Waals surface area contributed by atoms with E-state index in [9.17, 15) is 9.90 Å². The number of carbonyl (C=O) groups excluding carboxylic acids is 3. The quantitative estimate of drug-likeness (QED) is 0.147. The third-order valence-electron chi connectivity index (χ3n) is 13.5. The van der Waals surface area contributed by atoms with E-state index in [0.29, 0.717) is 19.4 Å². The molecule has 3 aromatic carbocycles. The number of benzene rings is 3. The van der Waals surface area contributed by atoms with Gasteiger partial charge in [0, 0.05) is 29.2 Å². The maximum absolute atomic E-state index is 17.5. The monoisotopic (exact) mass is 879 g/mol. The number of aromatic nitrogens is 1. The molecule has 14 heteroatoms. The minimum atomic E-state index is -2.97. The molecule has 0 spiro atoms. The van der Waals surface area contributed by atoms with Crippen LogP contribution in [0, 0.1) is 17.7 Å². The number of rotatable bonds is 10. The lowest BCUT2D eigenvalue weighted by atomic mass is 9.58. The van der Waals surface area contributed by atoms with Crippen molar-refractivity contribution >= 4 is 26.0 Å². The number of halogens is 1. The molecule has 0 saturated carbocycles. The minimum absolute atomic E-state index is 0.00693. The van der Waals surface area contributed by atoms with Gasteiger partial charge in [0.05, 0.1) is 17.6 Å². The van der Waals surface area contributed by atoms with Crippen LogP contribution in [-0.2, 0) is 28.8 Å². The summed E-state index contributed by atoms with van der Waals surface area (Å²) in [5.74, 6) is -3.61. The number of likely N-dealkylation sites (tertiary alicyclic amines) is 1. The van der Waals surface area contributed by atoms with E-state index in [1.165, 1.54) is 6.07 Å². The molecular weight excluding hydrogens is 822 g/mol. The average molecular weight is 880 g/mol. The molecule has 63 heavy (non-hydrogen) atoms. The van der Waals surface area contributed by atoms with Crippen LogP contribution in [0.4, 0.5) is 9.18 Å². The van der Waals surface area contributed by atoms with E-state index in [-0.39, 0.29) is 71.3 Å². The van der Waals surface area contributed by atoms with Crippen molar-refractivity contribution in [3.05, 3.63) is 123 Å². The first-order valence-corrected chi connectivity index (χ1v) is 24.8. The van der Waals surface area contributed by atoms with Gasteiger partial charge in [-0.05, 0) is 99.9 Å². The number of nitrogens with zero attached hydrogens (tertiary/aromatic N) is 2. The summed E-state index contributed by atoms with van der Waals surface area (Å²) in [6, 6.07) is 19.0. The third-order valence-corrected chi connectivity index (χ3v) is 18.0. The van der Waals surface area contributed by atoms with Gasteiger partial charge in [0.2, 0.25) is 5.78 Å². The predicted molar refractivity (Wildman–Crippen MR) is 236 cm³/mol. The Morgan fingerprint density at radius 2 is 1.62 bits per heavy atom. The van der Waals surface area contributed by atoms with Gasteiger partial charge >= 0.3 is 6.09 Å². The Balaban J connectivity index is 1.29.